The Morgan fingerprint density at radius 1 is 1.38 bits per heavy atom. The van der Waals surface area contributed by atoms with Crippen molar-refractivity contribution in [2.45, 2.75) is 19.8 Å². The van der Waals surface area contributed by atoms with Gasteiger partial charge in [0.1, 0.15) is 0 Å². The highest BCUT2D eigenvalue weighted by atomic mass is 15.2. The van der Waals surface area contributed by atoms with E-state index in [0.717, 1.165) is 16.8 Å². The molecule has 1 radical (unpaired) electrons. The summed E-state index contributed by atoms with van der Waals surface area (Å²) in [5.74, 6) is 0.437. The third-order valence-corrected chi connectivity index (χ3v) is 2.22. The molecule has 0 amide bonds. The molecule has 0 saturated heterocycles. The van der Waals surface area contributed by atoms with Crippen molar-refractivity contribution in [3.63, 3.8) is 0 Å². The third-order valence-electron chi connectivity index (χ3n) is 2.22. The normalized spacial score (nSPS) is 11.4. The molecule has 0 bridgehead atoms. The van der Waals surface area contributed by atoms with E-state index in [9.17, 15) is 0 Å². The fraction of sp³-hybridized carbons (Fsp3) is 0.273. The first-order valence-corrected chi connectivity index (χ1v) is 4.49. The Bertz CT molecular complexity index is 427. The van der Waals surface area contributed by atoms with Gasteiger partial charge in [-0.2, -0.15) is 5.10 Å². The van der Waals surface area contributed by atoms with Gasteiger partial charge in [-0.3, -0.25) is 0 Å². The Morgan fingerprint density at radius 3 is 2.77 bits per heavy atom. The van der Waals surface area contributed by atoms with Crippen molar-refractivity contribution in [1.82, 2.24) is 9.61 Å². The number of hydrogen-bond acceptors (Lipinski definition) is 1. The lowest BCUT2D eigenvalue weighted by Crippen LogP contribution is -1.91. The summed E-state index contributed by atoms with van der Waals surface area (Å²) >= 11 is 0. The van der Waals surface area contributed by atoms with E-state index in [1.807, 2.05) is 28.9 Å². The van der Waals surface area contributed by atoms with Crippen molar-refractivity contribution in [3.05, 3.63) is 42.6 Å². The van der Waals surface area contributed by atoms with Crippen LogP contribution in [-0.2, 0) is 0 Å². The van der Waals surface area contributed by atoms with Gasteiger partial charge < -0.3 is 0 Å². The molecule has 2 aromatic heterocycles. The number of fused-ring (bicyclic) bond motifs is 1. The van der Waals surface area contributed by atoms with Crippen molar-refractivity contribution in [2.24, 2.45) is 0 Å². The van der Waals surface area contributed by atoms with Gasteiger partial charge in [0.15, 0.2) is 0 Å². The van der Waals surface area contributed by atoms with Gasteiger partial charge in [-0.05, 0) is 25.0 Å². The Balaban J connectivity index is 2.74. The summed E-state index contributed by atoms with van der Waals surface area (Å²) in [5, 5.41) is 4.47. The lowest BCUT2D eigenvalue weighted by molar-refractivity contribution is 0.786. The second-order valence-corrected chi connectivity index (χ2v) is 3.55. The first-order chi connectivity index (χ1) is 6.20. The minimum atomic E-state index is 0.437. The molecule has 0 aromatic carbocycles. The van der Waals surface area contributed by atoms with Crippen LogP contribution in [-0.4, -0.2) is 9.61 Å². The van der Waals surface area contributed by atoms with E-state index >= 15 is 0 Å². The maximum absolute atomic E-state index is 4.47. The van der Waals surface area contributed by atoms with Gasteiger partial charge in [0.25, 0.3) is 0 Å². The van der Waals surface area contributed by atoms with Crippen LogP contribution in [0.2, 0.25) is 0 Å². The summed E-state index contributed by atoms with van der Waals surface area (Å²) in [6, 6.07) is 6.03. The van der Waals surface area contributed by atoms with E-state index in [1.54, 1.807) is 0 Å². The molecule has 0 aliphatic rings. The van der Waals surface area contributed by atoms with Gasteiger partial charge in [-0.25, -0.2) is 4.52 Å². The van der Waals surface area contributed by atoms with Crippen LogP contribution in [0.1, 0.15) is 31.0 Å². The topological polar surface area (TPSA) is 17.3 Å². The SMILES string of the molecule is [CH2]c1c(C(C)C)nn2ccccc12. The Hall–Kier alpha value is -1.31. The van der Waals surface area contributed by atoms with Crippen LogP contribution in [0.5, 0.6) is 0 Å². The van der Waals surface area contributed by atoms with Gasteiger partial charge in [-0.15, -0.1) is 0 Å². The molecule has 0 saturated carbocycles. The van der Waals surface area contributed by atoms with Gasteiger partial charge in [0.05, 0.1) is 11.2 Å². The van der Waals surface area contributed by atoms with Crippen LogP contribution in [0.4, 0.5) is 0 Å². The first kappa shape index (κ1) is 8.30. The van der Waals surface area contributed by atoms with E-state index in [0.29, 0.717) is 5.92 Å². The maximum Gasteiger partial charge on any atom is 0.0696 e. The zero-order valence-electron chi connectivity index (χ0n) is 7.99. The minimum Gasteiger partial charge on any atom is -0.240 e. The predicted molar refractivity (Wildman–Crippen MR) is 53.7 cm³/mol. The molecule has 0 aliphatic carbocycles. The fourth-order valence-electron chi connectivity index (χ4n) is 1.53. The summed E-state index contributed by atoms with van der Waals surface area (Å²) < 4.78 is 1.89. The van der Waals surface area contributed by atoms with Crippen molar-refractivity contribution in [2.75, 3.05) is 0 Å². The molecule has 0 aliphatic heterocycles. The molecule has 67 valence electrons. The molecule has 0 N–H and O–H groups in total. The zero-order valence-corrected chi connectivity index (χ0v) is 7.99. The number of rotatable bonds is 1. The van der Waals surface area contributed by atoms with Crippen molar-refractivity contribution < 1.29 is 0 Å². The van der Waals surface area contributed by atoms with E-state index in [1.165, 1.54) is 0 Å². The molecule has 0 atom stereocenters. The fourth-order valence-corrected chi connectivity index (χ4v) is 1.53. The largest absolute Gasteiger partial charge is 0.240 e. The van der Waals surface area contributed by atoms with E-state index in [2.05, 4.69) is 25.9 Å². The van der Waals surface area contributed by atoms with Gasteiger partial charge >= 0.3 is 0 Å². The number of hydrogen-bond donors (Lipinski definition) is 0. The molecule has 2 rings (SSSR count). The summed E-state index contributed by atoms with van der Waals surface area (Å²) in [4.78, 5) is 0. The molecule has 0 fully saturated rings. The number of aromatic nitrogens is 2. The lowest BCUT2D eigenvalue weighted by atomic mass is 10.1. The minimum absolute atomic E-state index is 0.437. The van der Waals surface area contributed by atoms with Crippen molar-refractivity contribution >= 4 is 5.52 Å². The molecular formula is C11H13N2. The second kappa shape index (κ2) is 2.87. The average molecular weight is 173 g/mol. The highest BCUT2D eigenvalue weighted by Crippen LogP contribution is 2.20. The molecule has 2 nitrogen and oxygen atoms in total. The standard InChI is InChI=1S/C11H13N2/c1-8(2)11-9(3)10-6-4-5-7-13(10)12-11/h4-8H,3H2,1-2H3. The summed E-state index contributed by atoms with van der Waals surface area (Å²) in [6.45, 7) is 8.32. The van der Waals surface area contributed by atoms with Gasteiger partial charge in [-0.1, -0.05) is 19.9 Å². The summed E-state index contributed by atoms with van der Waals surface area (Å²) in [6.07, 6.45) is 1.95. The van der Waals surface area contributed by atoms with Crippen molar-refractivity contribution in [3.8, 4) is 0 Å². The first-order valence-electron chi connectivity index (χ1n) is 4.49. The van der Waals surface area contributed by atoms with Gasteiger partial charge in [0.2, 0.25) is 0 Å². The molecule has 2 aromatic rings. The van der Waals surface area contributed by atoms with Crippen LogP contribution in [0.15, 0.2) is 24.4 Å². The highest BCUT2D eigenvalue weighted by molar-refractivity contribution is 5.58. The highest BCUT2D eigenvalue weighted by Gasteiger charge is 2.10. The monoisotopic (exact) mass is 173 g/mol. The molecule has 2 heterocycles. The summed E-state index contributed by atoms with van der Waals surface area (Å²) in [7, 11) is 0. The van der Waals surface area contributed by atoms with Crippen LogP contribution in [0.3, 0.4) is 0 Å². The molecular weight excluding hydrogens is 160 g/mol. The maximum atomic E-state index is 4.47. The van der Waals surface area contributed by atoms with Gasteiger partial charge in [0, 0.05) is 11.8 Å². The quantitative estimate of drug-likeness (QED) is 0.648. The summed E-state index contributed by atoms with van der Waals surface area (Å²) in [5.41, 5.74) is 3.24. The lowest BCUT2D eigenvalue weighted by Gasteiger charge is -1.98. The van der Waals surface area contributed by atoms with Crippen LogP contribution in [0, 0.1) is 6.92 Å². The van der Waals surface area contributed by atoms with Crippen molar-refractivity contribution in [1.29, 1.82) is 0 Å². The smallest absolute Gasteiger partial charge is 0.0696 e. The second-order valence-electron chi connectivity index (χ2n) is 3.55. The van der Waals surface area contributed by atoms with Crippen LogP contribution in [0.25, 0.3) is 5.52 Å². The van der Waals surface area contributed by atoms with E-state index < -0.39 is 0 Å². The molecule has 2 heteroatoms. The van der Waals surface area contributed by atoms with E-state index in [-0.39, 0.29) is 0 Å². The molecule has 0 unspecified atom stereocenters. The number of nitrogens with zero attached hydrogens (tertiary/aromatic N) is 2. The Kier molecular flexibility index (Phi) is 1.83. The third kappa shape index (κ3) is 1.22. The zero-order chi connectivity index (χ0) is 9.42. The average Bonchev–Trinajstić information content (AvgIpc) is 2.45. The predicted octanol–water partition coefficient (Wildman–Crippen LogP) is 2.64. The molecule has 0 spiro atoms. The van der Waals surface area contributed by atoms with E-state index in [4.69, 9.17) is 0 Å². The van der Waals surface area contributed by atoms with Crippen LogP contribution < -0.4 is 0 Å². The molecule has 13 heavy (non-hydrogen) atoms. The number of pyridine rings is 1. The van der Waals surface area contributed by atoms with Crippen LogP contribution >= 0.6 is 0 Å². The Morgan fingerprint density at radius 2 is 2.15 bits per heavy atom. The Labute approximate surface area is 78.2 Å².